The summed E-state index contributed by atoms with van der Waals surface area (Å²) in [6, 6.07) is 15.5. The molecule has 0 aliphatic rings. The van der Waals surface area contributed by atoms with Crippen LogP contribution in [0.2, 0.25) is 0 Å². The molecule has 0 bridgehead atoms. The first-order valence-electron chi connectivity index (χ1n) is 6.70. The Hall–Kier alpha value is -3.14. The SMILES string of the molecule is Oc1ccc(-c2c(O)ccc(O)c2-c2ccc(O)cc2)cc1. The van der Waals surface area contributed by atoms with Gasteiger partial charge in [-0.3, -0.25) is 0 Å². The Kier molecular flexibility index (Phi) is 3.35. The van der Waals surface area contributed by atoms with Crippen LogP contribution in [0.15, 0.2) is 60.7 Å². The molecule has 22 heavy (non-hydrogen) atoms. The van der Waals surface area contributed by atoms with Gasteiger partial charge in [-0.25, -0.2) is 0 Å². The molecular weight excluding hydrogens is 280 g/mol. The molecule has 0 unspecified atom stereocenters. The first kappa shape index (κ1) is 13.8. The van der Waals surface area contributed by atoms with Crippen LogP contribution >= 0.6 is 0 Å². The molecule has 0 aromatic heterocycles. The highest BCUT2D eigenvalue weighted by atomic mass is 16.3. The van der Waals surface area contributed by atoms with Gasteiger partial charge in [0.2, 0.25) is 0 Å². The summed E-state index contributed by atoms with van der Waals surface area (Å²) in [4.78, 5) is 0. The third kappa shape index (κ3) is 2.42. The molecule has 0 radical (unpaired) electrons. The van der Waals surface area contributed by atoms with E-state index in [1.807, 2.05) is 0 Å². The predicted molar refractivity (Wildman–Crippen MR) is 84.0 cm³/mol. The first-order valence-corrected chi connectivity index (χ1v) is 6.70. The van der Waals surface area contributed by atoms with E-state index in [2.05, 4.69) is 0 Å². The molecule has 0 spiro atoms. The van der Waals surface area contributed by atoms with E-state index in [-0.39, 0.29) is 23.0 Å². The summed E-state index contributed by atoms with van der Waals surface area (Å²) >= 11 is 0. The largest absolute Gasteiger partial charge is 0.508 e. The van der Waals surface area contributed by atoms with Crippen molar-refractivity contribution in [3.05, 3.63) is 60.7 Å². The zero-order valence-corrected chi connectivity index (χ0v) is 11.6. The molecule has 110 valence electrons. The van der Waals surface area contributed by atoms with E-state index in [0.29, 0.717) is 22.3 Å². The highest BCUT2D eigenvalue weighted by molar-refractivity contribution is 5.91. The minimum atomic E-state index is 0.0200. The number of phenolic OH excluding ortho intramolecular Hbond substituents is 4. The lowest BCUT2D eigenvalue weighted by atomic mass is 9.92. The van der Waals surface area contributed by atoms with Gasteiger partial charge in [0.1, 0.15) is 23.0 Å². The van der Waals surface area contributed by atoms with Crippen molar-refractivity contribution < 1.29 is 20.4 Å². The minimum Gasteiger partial charge on any atom is -0.508 e. The number of hydrogen-bond donors (Lipinski definition) is 4. The molecule has 0 fully saturated rings. The molecule has 0 atom stereocenters. The van der Waals surface area contributed by atoms with Crippen molar-refractivity contribution >= 4 is 0 Å². The molecule has 0 heterocycles. The molecular formula is C18H14O4. The highest BCUT2D eigenvalue weighted by Gasteiger charge is 2.16. The van der Waals surface area contributed by atoms with Crippen LogP contribution in [0.25, 0.3) is 22.3 Å². The van der Waals surface area contributed by atoms with Crippen molar-refractivity contribution in [2.45, 2.75) is 0 Å². The third-order valence-electron chi connectivity index (χ3n) is 3.47. The summed E-state index contributed by atoms with van der Waals surface area (Å²) in [5.41, 5.74) is 2.25. The Morgan fingerprint density at radius 1 is 0.409 bits per heavy atom. The van der Waals surface area contributed by atoms with Gasteiger partial charge < -0.3 is 20.4 Å². The fourth-order valence-electron chi connectivity index (χ4n) is 2.42. The summed E-state index contributed by atoms with van der Waals surface area (Å²) in [6.45, 7) is 0. The number of hydrogen-bond acceptors (Lipinski definition) is 4. The fourth-order valence-corrected chi connectivity index (χ4v) is 2.42. The molecule has 0 amide bonds. The van der Waals surface area contributed by atoms with Crippen molar-refractivity contribution in [1.82, 2.24) is 0 Å². The number of rotatable bonds is 2. The van der Waals surface area contributed by atoms with Gasteiger partial charge in [-0.15, -0.1) is 0 Å². The van der Waals surface area contributed by atoms with Gasteiger partial charge in [0.15, 0.2) is 0 Å². The third-order valence-corrected chi connectivity index (χ3v) is 3.47. The van der Waals surface area contributed by atoms with Crippen LogP contribution in [0.4, 0.5) is 0 Å². The van der Waals surface area contributed by atoms with Crippen LogP contribution in [0.1, 0.15) is 0 Å². The average Bonchev–Trinajstić information content (AvgIpc) is 2.51. The van der Waals surface area contributed by atoms with Gasteiger partial charge in [-0.05, 0) is 47.5 Å². The van der Waals surface area contributed by atoms with Gasteiger partial charge in [0.05, 0.1) is 0 Å². The van der Waals surface area contributed by atoms with Crippen molar-refractivity contribution in [2.24, 2.45) is 0 Å². The second-order valence-electron chi connectivity index (χ2n) is 4.95. The van der Waals surface area contributed by atoms with Crippen LogP contribution in [0, 0.1) is 0 Å². The average molecular weight is 294 g/mol. The molecule has 3 aromatic rings. The van der Waals surface area contributed by atoms with Crippen molar-refractivity contribution in [1.29, 1.82) is 0 Å². The van der Waals surface area contributed by atoms with Gasteiger partial charge >= 0.3 is 0 Å². The van der Waals surface area contributed by atoms with E-state index in [1.165, 1.54) is 36.4 Å². The van der Waals surface area contributed by atoms with Crippen LogP contribution in [-0.4, -0.2) is 20.4 Å². The molecule has 0 aliphatic heterocycles. The van der Waals surface area contributed by atoms with Gasteiger partial charge in [-0.2, -0.15) is 0 Å². The van der Waals surface area contributed by atoms with E-state index in [4.69, 9.17) is 0 Å². The molecule has 4 heteroatoms. The Labute approximate surface area is 127 Å². The number of aromatic hydroxyl groups is 4. The van der Waals surface area contributed by atoms with Crippen molar-refractivity contribution in [3.8, 4) is 45.3 Å². The summed E-state index contributed by atoms with van der Waals surface area (Å²) < 4.78 is 0. The molecule has 4 nitrogen and oxygen atoms in total. The Balaban J connectivity index is 2.27. The second kappa shape index (κ2) is 5.33. The standard InChI is InChI=1S/C18H14O4/c19-13-5-1-11(2-6-13)17-15(21)9-10-16(22)18(17)12-3-7-14(20)8-4-12/h1-10,19-22H. The summed E-state index contributed by atoms with van der Waals surface area (Å²) in [6.07, 6.45) is 0. The van der Waals surface area contributed by atoms with Gasteiger partial charge in [-0.1, -0.05) is 24.3 Å². The predicted octanol–water partition coefficient (Wildman–Crippen LogP) is 3.84. The molecule has 0 saturated carbocycles. The van der Waals surface area contributed by atoms with Crippen molar-refractivity contribution in [2.75, 3.05) is 0 Å². The maximum absolute atomic E-state index is 10.2. The number of phenols is 4. The van der Waals surface area contributed by atoms with Crippen LogP contribution in [0.5, 0.6) is 23.0 Å². The maximum Gasteiger partial charge on any atom is 0.124 e. The molecule has 3 rings (SSSR count). The second-order valence-corrected chi connectivity index (χ2v) is 4.95. The lowest BCUT2D eigenvalue weighted by molar-refractivity contribution is 0.463. The maximum atomic E-state index is 10.2. The van der Waals surface area contributed by atoms with Gasteiger partial charge in [0, 0.05) is 11.1 Å². The Morgan fingerprint density at radius 3 is 1.05 bits per heavy atom. The van der Waals surface area contributed by atoms with Crippen LogP contribution < -0.4 is 0 Å². The Bertz CT molecular complexity index is 735. The zero-order valence-electron chi connectivity index (χ0n) is 11.6. The summed E-state index contributed by atoms with van der Waals surface area (Å²) in [5.74, 6) is 0.280. The number of benzene rings is 3. The monoisotopic (exact) mass is 294 g/mol. The molecule has 3 aromatic carbocycles. The minimum absolute atomic E-state index is 0.0200. The Morgan fingerprint density at radius 2 is 0.727 bits per heavy atom. The topological polar surface area (TPSA) is 80.9 Å². The summed E-state index contributed by atoms with van der Waals surface area (Å²) in [7, 11) is 0. The smallest absolute Gasteiger partial charge is 0.124 e. The normalized spacial score (nSPS) is 10.5. The lowest BCUT2D eigenvalue weighted by Crippen LogP contribution is -1.87. The molecule has 4 N–H and O–H groups in total. The van der Waals surface area contributed by atoms with Crippen LogP contribution in [-0.2, 0) is 0 Å². The van der Waals surface area contributed by atoms with E-state index in [0.717, 1.165) is 0 Å². The molecule has 0 aliphatic carbocycles. The first-order chi connectivity index (χ1) is 10.6. The quantitative estimate of drug-likeness (QED) is 0.541. The highest BCUT2D eigenvalue weighted by Crippen LogP contribution is 2.44. The molecule has 0 saturated heterocycles. The fraction of sp³-hybridized carbons (Fsp3) is 0. The van der Waals surface area contributed by atoms with E-state index in [1.54, 1.807) is 24.3 Å². The van der Waals surface area contributed by atoms with Crippen molar-refractivity contribution in [3.63, 3.8) is 0 Å². The zero-order chi connectivity index (χ0) is 15.7. The lowest BCUT2D eigenvalue weighted by Gasteiger charge is -2.14. The van der Waals surface area contributed by atoms with Crippen LogP contribution in [0.3, 0.4) is 0 Å². The van der Waals surface area contributed by atoms with E-state index < -0.39 is 0 Å². The van der Waals surface area contributed by atoms with E-state index >= 15 is 0 Å². The van der Waals surface area contributed by atoms with Gasteiger partial charge in [0.25, 0.3) is 0 Å². The van der Waals surface area contributed by atoms with E-state index in [9.17, 15) is 20.4 Å². The summed E-state index contributed by atoms with van der Waals surface area (Å²) in [5, 5.41) is 39.3.